The standard InChI is InChI=1S/C14H22N2O2/c1-14(2,3)11(17)9-12-15-13(16-18-12)10-7-5-4-6-8-10/h10H,4-9H2,1-3H3. The zero-order valence-electron chi connectivity index (χ0n) is 11.5. The Balaban J connectivity index is 1.99. The van der Waals surface area contributed by atoms with Gasteiger partial charge in [0.15, 0.2) is 5.82 Å². The first-order valence-electron chi connectivity index (χ1n) is 6.82. The summed E-state index contributed by atoms with van der Waals surface area (Å²) in [5.74, 6) is 1.84. The lowest BCUT2D eigenvalue weighted by atomic mass is 9.88. The molecular weight excluding hydrogens is 228 g/mol. The van der Waals surface area contributed by atoms with Gasteiger partial charge in [-0.2, -0.15) is 4.98 Å². The van der Waals surface area contributed by atoms with Crippen molar-refractivity contribution in [1.29, 1.82) is 0 Å². The van der Waals surface area contributed by atoms with Crippen LogP contribution >= 0.6 is 0 Å². The third kappa shape index (κ3) is 3.18. The summed E-state index contributed by atoms with van der Waals surface area (Å²) in [5.41, 5.74) is -0.348. The van der Waals surface area contributed by atoms with Gasteiger partial charge in [-0.1, -0.05) is 45.2 Å². The summed E-state index contributed by atoms with van der Waals surface area (Å²) >= 11 is 0. The quantitative estimate of drug-likeness (QED) is 0.826. The van der Waals surface area contributed by atoms with E-state index >= 15 is 0 Å². The van der Waals surface area contributed by atoms with Crippen molar-refractivity contribution in [3.63, 3.8) is 0 Å². The Bertz CT molecular complexity index is 412. The van der Waals surface area contributed by atoms with Crippen LogP contribution in [0.1, 0.15) is 70.5 Å². The van der Waals surface area contributed by atoms with Crippen molar-refractivity contribution in [1.82, 2.24) is 10.1 Å². The SMILES string of the molecule is CC(C)(C)C(=O)Cc1nc(C2CCCCC2)no1. The molecule has 0 spiro atoms. The van der Waals surface area contributed by atoms with Crippen LogP contribution in [0.5, 0.6) is 0 Å². The maximum Gasteiger partial charge on any atom is 0.234 e. The number of rotatable bonds is 3. The predicted molar refractivity (Wildman–Crippen MR) is 68.3 cm³/mol. The third-order valence-corrected chi connectivity index (χ3v) is 3.60. The molecule has 0 amide bonds. The van der Waals surface area contributed by atoms with Gasteiger partial charge in [-0.15, -0.1) is 0 Å². The second-order valence-electron chi connectivity index (χ2n) is 6.23. The number of hydrogen-bond donors (Lipinski definition) is 0. The molecule has 100 valence electrons. The molecule has 0 saturated heterocycles. The number of nitrogens with zero attached hydrogens (tertiary/aromatic N) is 2. The van der Waals surface area contributed by atoms with Gasteiger partial charge in [0, 0.05) is 11.3 Å². The van der Waals surface area contributed by atoms with Crippen LogP contribution in [0, 0.1) is 5.41 Å². The maximum absolute atomic E-state index is 11.9. The summed E-state index contributed by atoms with van der Waals surface area (Å²) in [6, 6.07) is 0. The Morgan fingerprint density at radius 2 is 1.94 bits per heavy atom. The Labute approximate surface area is 108 Å². The fourth-order valence-corrected chi connectivity index (χ4v) is 2.27. The molecule has 1 heterocycles. The van der Waals surface area contributed by atoms with Crippen LogP contribution in [0.3, 0.4) is 0 Å². The fraction of sp³-hybridized carbons (Fsp3) is 0.786. The number of carbonyl (C=O) groups excluding carboxylic acids is 1. The molecule has 0 atom stereocenters. The molecule has 4 nitrogen and oxygen atoms in total. The largest absolute Gasteiger partial charge is 0.339 e. The van der Waals surface area contributed by atoms with E-state index < -0.39 is 0 Å². The molecule has 0 N–H and O–H groups in total. The summed E-state index contributed by atoms with van der Waals surface area (Å²) in [7, 11) is 0. The van der Waals surface area contributed by atoms with Crippen molar-refractivity contribution < 1.29 is 9.32 Å². The van der Waals surface area contributed by atoms with Crippen LogP contribution in [0.15, 0.2) is 4.52 Å². The van der Waals surface area contributed by atoms with E-state index in [1.807, 2.05) is 20.8 Å². The van der Waals surface area contributed by atoms with E-state index in [4.69, 9.17) is 4.52 Å². The van der Waals surface area contributed by atoms with Crippen molar-refractivity contribution in [3.8, 4) is 0 Å². The first kappa shape index (κ1) is 13.2. The molecule has 1 aliphatic carbocycles. The third-order valence-electron chi connectivity index (χ3n) is 3.60. The maximum atomic E-state index is 11.9. The minimum absolute atomic E-state index is 0.140. The Morgan fingerprint density at radius 3 is 2.56 bits per heavy atom. The van der Waals surface area contributed by atoms with Crippen molar-refractivity contribution in [2.75, 3.05) is 0 Å². The molecule has 4 heteroatoms. The molecule has 0 radical (unpaired) electrons. The smallest absolute Gasteiger partial charge is 0.234 e. The summed E-state index contributed by atoms with van der Waals surface area (Å²) in [5, 5.41) is 4.04. The van der Waals surface area contributed by atoms with Gasteiger partial charge in [0.2, 0.25) is 5.89 Å². The van der Waals surface area contributed by atoms with Crippen LogP contribution in [0.25, 0.3) is 0 Å². The molecule has 2 rings (SSSR count). The molecule has 1 saturated carbocycles. The van der Waals surface area contributed by atoms with E-state index in [-0.39, 0.29) is 17.6 Å². The second kappa shape index (κ2) is 5.21. The number of hydrogen-bond acceptors (Lipinski definition) is 4. The zero-order valence-corrected chi connectivity index (χ0v) is 11.5. The molecule has 0 aromatic carbocycles. The lowest BCUT2D eigenvalue weighted by Crippen LogP contribution is -2.22. The zero-order chi connectivity index (χ0) is 13.2. The molecule has 1 aromatic rings. The van der Waals surface area contributed by atoms with Crippen LogP contribution in [0.2, 0.25) is 0 Å². The summed E-state index contributed by atoms with van der Waals surface area (Å²) in [6.07, 6.45) is 6.34. The average Bonchev–Trinajstić information content (AvgIpc) is 2.77. The minimum atomic E-state index is -0.348. The van der Waals surface area contributed by atoms with Crippen LogP contribution in [-0.4, -0.2) is 15.9 Å². The topological polar surface area (TPSA) is 56.0 Å². The predicted octanol–water partition coefficient (Wildman–Crippen LogP) is 3.28. The molecule has 1 aliphatic rings. The Kier molecular flexibility index (Phi) is 3.83. The van der Waals surface area contributed by atoms with E-state index in [1.165, 1.54) is 19.3 Å². The van der Waals surface area contributed by atoms with Gasteiger partial charge in [-0.05, 0) is 12.8 Å². The Morgan fingerprint density at radius 1 is 1.28 bits per heavy atom. The lowest BCUT2D eigenvalue weighted by Gasteiger charge is -2.17. The van der Waals surface area contributed by atoms with E-state index in [0.717, 1.165) is 18.7 Å². The normalized spacial score (nSPS) is 17.9. The van der Waals surface area contributed by atoms with Gasteiger partial charge in [0.1, 0.15) is 5.78 Å². The van der Waals surface area contributed by atoms with Crippen LogP contribution in [-0.2, 0) is 11.2 Å². The summed E-state index contributed by atoms with van der Waals surface area (Å²) < 4.78 is 5.20. The molecule has 1 fully saturated rings. The average molecular weight is 250 g/mol. The van der Waals surface area contributed by atoms with Gasteiger partial charge in [-0.25, -0.2) is 0 Å². The molecule has 18 heavy (non-hydrogen) atoms. The highest BCUT2D eigenvalue weighted by atomic mass is 16.5. The molecule has 0 unspecified atom stereocenters. The fourth-order valence-electron chi connectivity index (χ4n) is 2.27. The monoisotopic (exact) mass is 250 g/mol. The summed E-state index contributed by atoms with van der Waals surface area (Å²) in [6.45, 7) is 5.73. The van der Waals surface area contributed by atoms with Gasteiger partial charge in [0.25, 0.3) is 0 Å². The van der Waals surface area contributed by atoms with Crippen molar-refractivity contribution in [3.05, 3.63) is 11.7 Å². The first-order chi connectivity index (χ1) is 8.47. The Hall–Kier alpha value is -1.19. The van der Waals surface area contributed by atoms with E-state index in [0.29, 0.717) is 11.8 Å². The highest BCUT2D eigenvalue weighted by molar-refractivity contribution is 5.84. The number of aromatic nitrogens is 2. The van der Waals surface area contributed by atoms with Crippen LogP contribution in [0.4, 0.5) is 0 Å². The van der Waals surface area contributed by atoms with Crippen molar-refractivity contribution in [2.45, 2.75) is 65.2 Å². The lowest BCUT2D eigenvalue weighted by molar-refractivity contribution is -0.125. The first-order valence-corrected chi connectivity index (χ1v) is 6.82. The summed E-state index contributed by atoms with van der Waals surface area (Å²) in [4.78, 5) is 16.3. The molecule has 0 bridgehead atoms. The van der Waals surface area contributed by atoms with Gasteiger partial charge in [-0.3, -0.25) is 4.79 Å². The molecule has 0 aliphatic heterocycles. The second-order valence-corrected chi connectivity index (χ2v) is 6.23. The van der Waals surface area contributed by atoms with Crippen molar-refractivity contribution in [2.24, 2.45) is 5.41 Å². The van der Waals surface area contributed by atoms with E-state index in [2.05, 4.69) is 10.1 Å². The van der Waals surface area contributed by atoms with E-state index in [9.17, 15) is 4.79 Å². The number of ketones is 1. The van der Waals surface area contributed by atoms with Gasteiger partial charge >= 0.3 is 0 Å². The molecular formula is C14H22N2O2. The number of Topliss-reactive ketones (excluding diaryl/α,β-unsaturated/α-hetero) is 1. The minimum Gasteiger partial charge on any atom is -0.339 e. The van der Waals surface area contributed by atoms with Gasteiger partial charge in [0.05, 0.1) is 6.42 Å². The number of carbonyl (C=O) groups is 1. The molecule has 1 aromatic heterocycles. The van der Waals surface area contributed by atoms with Gasteiger partial charge < -0.3 is 4.52 Å². The highest BCUT2D eigenvalue weighted by Gasteiger charge is 2.25. The van der Waals surface area contributed by atoms with Crippen LogP contribution < -0.4 is 0 Å². The highest BCUT2D eigenvalue weighted by Crippen LogP contribution is 2.31. The van der Waals surface area contributed by atoms with Crippen molar-refractivity contribution >= 4 is 5.78 Å². The van der Waals surface area contributed by atoms with E-state index in [1.54, 1.807) is 0 Å².